The summed E-state index contributed by atoms with van der Waals surface area (Å²) in [4.78, 5) is 6.72. The van der Waals surface area contributed by atoms with Crippen LogP contribution in [0, 0.1) is 11.7 Å². The van der Waals surface area contributed by atoms with E-state index in [-0.39, 0.29) is 11.9 Å². The number of ether oxygens (including phenoxy) is 1. The van der Waals surface area contributed by atoms with E-state index in [9.17, 15) is 4.39 Å². The highest BCUT2D eigenvalue weighted by Crippen LogP contribution is 2.22. The van der Waals surface area contributed by atoms with Crippen LogP contribution in [0.15, 0.2) is 59.6 Å². The summed E-state index contributed by atoms with van der Waals surface area (Å²) in [6.07, 6.45) is 1.10. The summed E-state index contributed by atoms with van der Waals surface area (Å²) in [6, 6.07) is 16.6. The smallest absolute Gasteiger partial charge is 0.191 e. The maximum absolute atomic E-state index is 13.0. The number of hydrogen-bond donors (Lipinski definition) is 2. The molecule has 0 radical (unpaired) electrons. The van der Waals surface area contributed by atoms with Gasteiger partial charge in [-0.2, -0.15) is 0 Å². The van der Waals surface area contributed by atoms with Crippen LogP contribution >= 0.6 is 0 Å². The van der Waals surface area contributed by atoms with Gasteiger partial charge in [-0.3, -0.25) is 4.99 Å². The zero-order chi connectivity index (χ0) is 19.8. The molecule has 1 heterocycles. The van der Waals surface area contributed by atoms with Gasteiger partial charge in [-0.15, -0.1) is 0 Å². The van der Waals surface area contributed by atoms with Gasteiger partial charge in [0.25, 0.3) is 0 Å². The summed E-state index contributed by atoms with van der Waals surface area (Å²) >= 11 is 0. The fourth-order valence-electron chi connectivity index (χ4n) is 3.36. The van der Waals surface area contributed by atoms with Crippen molar-refractivity contribution in [3.8, 4) is 5.75 Å². The lowest BCUT2D eigenvalue weighted by Crippen LogP contribution is -2.43. The zero-order valence-corrected chi connectivity index (χ0v) is 16.6. The van der Waals surface area contributed by atoms with Crippen molar-refractivity contribution >= 4 is 11.6 Å². The second-order valence-corrected chi connectivity index (χ2v) is 7.15. The van der Waals surface area contributed by atoms with E-state index < -0.39 is 0 Å². The number of aliphatic imine (C=N–C) groups is 1. The lowest BCUT2D eigenvalue weighted by atomic mass is 10.1. The van der Waals surface area contributed by atoms with Gasteiger partial charge in [0.05, 0.1) is 6.54 Å². The lowest BCUT2D eigenvalue weighted by molar-refractivity contribution is 0.223. The summed E-state index contributed by atoms with van der Waals surface area (Å²) in [6.45, 7) is 5.61. The Labute approximate surface area is 166 Å². The quantitative estimate of drug-likeness (QED) is 0.568. The number of hydrogen-bond acceptors (Lipinski definition) is 3. The van der Waals surface area contributed by atoms with E-state index in [1.807, 2.05) is 6.92 Å². The molecule has 1 saturated heterocycles. The molecule has 0 spiro atoms. The van der Waals surface area contributed by atoms with Gasteiger partial charge in [0.2, 0.25) is 0 Å². The Hall–Kier alpha value is -2.76. The third-order valence-electron chi connectivity index (χ3n) is 4.90. The van der Waals surface area contributed by atoms with E-state index in [0.717, 1.165) is 25.6 Å². The van der Waals surface area contributed by atoms with Crippen LogP contribution in [0.3, 0.4) is 0 Å². The van der Waals surface area contributed by atoms with Gasteiger partial charge >= 0.3 is 0 Å². The van der Waals surface area contributed by atoms with Gasteiger partial charge in [0.15, 0.2) is 5.96 Å². The highest BCUT2D eigenvalue weighted by molar-refractivity contribution is 5.79. The predicted molar refractivity (Wildman–Crippen MR) is 113 cm³/mol. The van der Waals surface area contributed by atoms with Gasteiger partial charge in [-0.1, -0.05) is 18.2 Å². The first-order chi connectivity index (χ1) is 13.6. The Balaban J connectivity index is 1.38. The van der Waals surface area contributed by atoms with Crippen LogP contribution in [-0.4, -0.2) is 45.3 Å². The number of nitrogens with zero attached hydrogens (tertiary/aromatic N) is 2. The maximum Gasteiger partial charge on any atom is 0.191 e. The molecule has 1 aliphatic heterocycles. The first kappa shape index (κ1) is 20.0. The Bertz CT molecular complexity index is 751. The minimum Gasteiger partial charge on any atom is -0.489 e. The summed E-state index contributed by atoms with van der Waals surface area (Å²) in [5.41, 5.74) is 1.29. The first-order valence-electron chi connectivity index (χ1n) is 9.81. The van der Waals surface area contributed by atoms with Crippen molar-refractivity contribution in [3.05, 3.63) is 60.4 Å². The highest BCUT2D eigenvalue weighted by atomic mass is 19.1. The van der Waals surface area contributed by atoms with E-state index in [0.29, 0.717) is 18.2 Å². The molecule has 2 atom stereocenters. The minimum absolute atomic E-state index is 0.0657. The number of halogens is 1. The van der Waals surface area contributed by atoms with Crippen molar-refractivity contribution in [2.75, 3.05) is 38.1 Å². The van der Waals surface area contributed by atoms with Crippen molar-refractivity contribution < 1.29 is 9.13 Å². The molecular weight excluding hydrogens is 355 g/mol. The molecule has 2 unspecified atom stereocenters. The Kier molecular flexibility index (Phi) is 7.12. The van der Waals surface area contributed by atoms with Crippen LogP contribution in [0.2, 0.25) is 0 Å². The standard InChI is InChI=1S/C22H29FN4O/c1-17(28-21-10-8-19(23)9-11-21)14-25-22(24-2)26-15-18-12-13-27(16-18)20-6-4-3-5-7-20/h3-11,17-18H,12-16H2,1-2H3,(H2,24,25,26). The molecule has 2 aromatic carbocycles. The maximum atomic E-state index is 13.0. The average Bonchev–Trinajstić information content (AvgIpc) is 3.20. The van der Waals surface area contributed by atoms with Crippen LogP contribution in [0.5, 0.6) is 5.75 Å². The molecule has 150 valence electrons. The summed E-state index contributed by atoms with van der Waals surface area (Å²) in [5, 5.41) is 6.71. The first-order valence-corrected chi connectivity index (χ1v) is 9.81. The SMILES string of the molecule is CN=C(NCC1CCN(c2ccccc2)C1)NCC(C)Oc1ccc(F)cc1. The third kappa shape index (κ3) is 5.87. The van der Waals surface area contributed by atoms with Crippen LogP contribution < -0.4 is 20.3 Å². The van der Waals surface area contributed by atoms with Gasteiger partial charge in [0, 0.05) is 32.4 Å². The predicted octanol–water partition coefficient (Wildman–Crippen LogP) is 3.28. The van der Waals surface area contributed by atoms with E-state index in [1.54, 1.807) is 19.2 Å². The molecule has 1 aliphatic rings. The molecular formula is C22H29FN4O. The molecule has 0 aromatic heterocycles. The van der Waals surface area contributed by atoms with Gasteiger partial charge in [-0.05, 0) is 55.7 Å². The fraction of sp³-hybridized carbons (Fsp3) is 0.409. The highest BCUT2D eigenvalue weighted by Gasteiger charge is 2.22. The largest absolute Gasteiger partial charge is 0.489 e. The normalized spacial score (nSPS) is 18.0. The Morgan fingerprint density at radius 2 is 1.93 bits per heavy atom. The van der Waals surface area contributed by atoms with Crippen LogP contribution in [0.1, 0.15) is 13.3 Å². The van der Waals surface area contributed by atoms with E-state index in [2.05, 4.69) is 50.9 Å². The molecule has 6 heteroatoms. The van der Waals surface area contributed by atoms with E-state index >= 15 is 0 Å². The van der Waals surface area contributed by atoms with Crippen molar-refractivity contribution in [3.63, 3.8) is 0 Å². The van der Waals surface area contributed by atoms with Crippen molar-refractivity contribution in [2.45, 2.75) is 19.4 Å². The molecule has 3 rings (SSSR count). The molecule has 0 aliphatic carbocycles. The molecule has 5 nitrogen and oxygen atoms in total. The summed E-state index contributed by atoms with van der Waals surface area (Å²) < 4.78 is 18.7. The van der Waals surface area contributed by atoms with Gasteiger partial charge in [-0.25, -0.2) is 4.39 Å². The van der Waals surface area contributed by atoms with Crippen molar-refractivity contribution in [2.24, 2.45) is 10.9 Å². The molecule has 1 fully saturated rings. The van der Waals surface area contributed by atoms with Crippen LogP contribution in [0.4, 0.5) is 10.1 Å². The monoisotopic (exact) mass is 384 g/mol. The number of nitrogens with one attached hydrogen (secondary N) is 2. The topological polar surface area (TPSA) is 48.9 Å². The van der Waals surface area contributed by atoms with Gasteiger partial charge in [0.1, 0.15) is 17.7 Å². The van der Waals surface area contributed by atoms with Crippen molar-refractivity contribution in [1.82, 2.24) is 10.6 Å². The molecule has 0 bridgehead atoms. The number of anilines is 1. The average molecular weight is 384 g/mol. The number of rotatable bonds is 7. The van der Waals surface area contributed by atoms with Crippen LogP contribution in [-0.2, 0) is 0 Å². The molecule has 2 N–H and O–H groups in total. The van der Waals surface area contributed by atoms with E-state index in [4.69, 9.17) is 4.74 Å². The Morgan fingerprint density at radius 1 is 1.18 bits per heavy atom. The Morgan fingerprint density at radius 3 is 2.64 bits per heavy atom. The summed E-state index contributed by atoms with van der Waals surface area (Å²) in [7, 11) is 1.77. The lowest BCUT2D eigenvalue weighted by Gasteiger charge is -2.20. The second kappa shape index (κ2) is 9.97. The fourth-order valence-corrected chi connectivity index (χ4v) is 3.36. The molecule has 2 aromatic rings. The minimum atomic E-state index is -0.263. The van der Waals surface area contributed by atoms with Crippen molar-refractivity contribution in [1.29, 1.82) is 0 Å². The number of benzene rings is 2. The van der Waals surface area contributed by atoms with Crippen LogP contribution in [0.25, 0.3) is 0 Å². The summed E-state index contributed by atoms with van der Waals surface area (Å²) in [5.74, 6) is 1.76. The molecule has 0 amide bonds. The molecule has 28 heavy (non-hydrogen) atoms. The zero-order valence-electron chi connectivity index (χ0n) is 16.6. The van der Waals surface area contributed by atoms with Gasteiger partial charge < -0.3 is 20.3 Å². The molecule has 0 saturated carbocycles. The van der Waals surface area contributed by atoms with E-state index in [1.165, 1.54) is 24.2 Å². The second-order valence-electron chi connectivity index (χ2n) is 7.15. The number of guanidine groups is 1. The number of para-hydroxylation sites is 1. The third-order valence-corrected chi connectivity index (χ3v) is 4.90.